The first-order valence-electron chi connectivity index (χ1n) is 8.44. The van der Waals surface area contributed by atoms with Crippen molar-refractivity contribution in [1.82, 2.24) is 0 Å². The van der Waals surface area contributed by atoms with Crippen LogP contribution >= 0.6 is 0 Å². The van der Waals surface area contributed by atoms with Crippen LogP contribution in [0.2, 0.25) is 0 Å². The lowest BCUT2D eigenvalue weighted by Crippen LogP contribution is -2.50. The molecule has 0 amide bonds. The second-order valence-electron chi connectivity index (χ2n) is 7.83. The largest absolute Gasteiger partial charge is 0.392 e. The van der Waals surface area contributed by atoms with E-state index < -0.39 is 6.10 Å². The third-order valence-electron chi connectivity index (χ3n) is 6.88. The predicted molar refractivity (Wildman–Crippen MR) is 78.6 cm³/mol. The van der Waals surface area contributed by atoms with Gasteiger partial charge in [0.05, 0.1) is 6.10 Å². The summed E-state index contributed by atoms with van der Waals surface area (Å²) in [7, 11) is 0. The highest BCUT2D eigenvalue weighted by Gasteiger charge is 2.58. The molecule has 0 aromatic carbocycles. The molecule has 2 saturated carbocycles. The number of fused-ring (bicyclic) bond motifs is 4. The van der Waals surface area contributed by atoms with E-state index in [0.29, 0.717) is 49.1 Å². The van der Waals surface area contributed by atoms with Gasteiger partial charge in [0.25, 0.3) is 0 Å². The number of allylic oxidation sites excluding steroid dienone is 1. The standard InChI is InChI=1S/C18H24O3/c1-18-9-15(20)17-12-5-3-11(19)8-10(12)2-4-13(17)14(18)6-7-16(18)21/h13-15,17,20H,2-9H2,1H3/t13-,14-,15-,17+,18-/m0/s1. The molecule has 0 radical (unpaired) electrons. The van der Waals surface area contributed by atoms with Gasteiger partial charge < -0.3 is 5.11 Å². The van der Waals surface area contributed by atoms with E-state index in [-0.39, 0.29) is 11.3 Å². The fourth-order valence-electron chi connectivity index (χ4n) is 5.90. The molecule has 0 saturated heterocycles. The van der Waals surface area contributed by atoms with Crippen molar-refractivity contribution in [2.45, 2.75) is 64.4 Å². The van der Waals surface area contributed by atoms with Gasteiger partial charge in [0.15, 0.2) is 0 Å². The van der Waals surface area contributed by atoms with Crippen LogP contribution in [0.5, 0.6) is 0 Å². The van der Waals surface area contributed by atoms with Crippen LogP contribution in [0.15, 0.2) is 11.1 Å². The van der Waals surface area contributed by atoms with Crippen molar-refractivity contribution >= 4 is 11.6 Å². The Balaban J connectivity index is 1.72. The van der Waals surface area contributed by atoms with Crippen LogP contribution in [0.4, 0.5) is 0 Å². The van der Waals surface area contributed by atoms with Crippen molar-refractivity contribution < 1.29 is 14.7 Å². The Hall–Kier alpha value is -0.960. The third kappa shape index (κ3) is 1.82. The smallest absolute Gasteiger partial charge is 0.139 e. The summed E-state index contributed by atoms with van der Waals surface area (Å²) in [5.74, 6) is 1.86. The van der Waals surface area contributed by atoms with Crippen molar-refractivity contribution in [1.29, 1.82) is 0 Å². The molecule has 114 valence electrons. The first kappa shape index (κ1) is 13.7. The summed E-state index contributed by atoms with van der Waals surface area (Å²) in [6.45, 7) is 2.08. The number of rotatable bonds is 0. The van der Waals surface area contributed by atoms with Crippen molar-refractivity contribution in [2.75, 3.05) is 0 Å². The molecule has 4 rings (SSSR count). The van der Waals surface area contributed by atoms with Gasteiger partial charge >= 0.3 is 0 Å². The van der Waals surface area contributed by atoms with E-state index in [9.17, 15) is 14.7 Å². The minimum atomic E-state index is -0.392. The molecule has 0 aromatic rings. The number of aliphatic hydroxyl groups excluding tert-OH is 1. The first-order valence-corrected chi connectivity index (χ1v) is 8.44. The summed E-state index contributed by atoms with van der Waals surface area (Å²) in [5, 5.41) is 10.8. The van der Waals surface area contributed by atoms with E-state index in [0.717, 1.165) is 25.7 Å². The zero-order valence-electron chi connectivity index (χ0n) is 12.7. The van der Waals surface area contributed by atoms with E-state index in [1.165, 1.54) is 11.1 Å². The van der Waals surface area contributed by atoms with Gasteiger partial charge in [-0.25, -0.2) is 0 Å². The molecule has 4 aliphatic rings. The van der Waals surface area contributed by atoms with E-state index in [1.54, 1.807) is 0 Å². The summed E-state index contributed by atoms with van der Waals surface area (Å²) in [6.07, 6.45) is 6.12. The highest BCUT2D eigenvalue weighted by Crippen LogP contribution is 2.59. The molecule has 0 unspecified atom stereocenters. The maximum absolute atomic E-state index is 12.3. The Bertz CT molecular complexity index is 547. The van der Waals surface area contributed by atoms with Crippen LogP contribution in [-0.4, -0.2) is 22.8 Å². The zero-order valence-corrected chi connectivity index (χ0v) is 12.7. The highest BCUT2D eigenvalue weighted by molar-refractivity contribution is 5.87. The normalized spacial score (nSPS) is 46.2. The third-order valence-corrected chi connectivity index (χ3v) is 6.88. The molecule has 0 spiro atoms. The lowest BCUT2D eigenvalue weighted by Gasteiger charge is -2.52. The van der Waals surface area contributed by atoms with Crippen molar-refractivity contribution in [2.24, 2.45) is 23.2 Å². The molecule has 3 nitrogen and oxygen atoms in total. The Kier molecular flexibility index (Phi) is 2.94. The average molecular weight is 288 g/mol. The molecule has 0 aliphatic heterocycles. The average Bonchev–Trinajstić information content (AvgIpc) is 2.74. The fraction of sp³-hybridized carbons (Fsp3) is 0.778. The van der Waals surface area contributed by atoms with Crippen molar-refractivity contribution in [3.05, 3.63) is 11.1 Å². The molecule has 3 heteroatoms. The minimum absolute atomic E-state index is 0.228. The second-order valence-corrected chi connectivity index (χ2v) is 7.83. The molecule has 0 bridgehead atoms. The molecule has 0 heterocycles. The molecule has 2 fully saturated rings. The predicted octanol–water partition coefficient (Wildman–Crippen LogP) is 2.81. The molecule has 1 N–H and O–H groups in total. The van der Waals surface area contributed by atoms with Crippen molar-refractivity contribution in [3.63, 3.8) is 0 Å². The van der Waals surface area contributed by atoms with Crippen molar-refractivity contribution in [3.8, 4) is 0 Å². The second kappa shape index (κ2) is 4.52. The summed E-state index contributed by atoms with van der Waals surface area (Å²) in [4.78, 5) is 24.0. The van der Waals surface area contributed by atoms with Crippen LogP contribution in [0.25, 0.3) is 0 Å². The topological polar surface area (TPSA) is 54.4 Å². The van der Waals surface area contributed by atoms with Crippen LogP contribution in [0.1, 0.15) is 58.3 Å². The highest BCUT2D eigenvalue weighted by atomic mass is 16.3. The molecule has 21 heavy (non-hydrogen) atoms. The van der Waals surface area contributed by atoms with Crippen LogP contribution < -0.4 is 0 Å². The van der Waals surface area contributed by atoms with Gasteiger partial charge in [-0.1, -0.05) is 18.1 Å². The Morgan fingerprint density at radius 3 is 2.71 bits per heavy atom. The quantitative estimate of drug-likeness (QED) is 0.697. The van der Waals surface area contributed by atoms with E-state index in [2.05, 4.69) is 6.92 Å². The van der Waals surface area contributed by atoms with Crippen LogP contribution in [0, 0.1) is 23.2 Å². The van der Waals surface area contributed by atoms with Gasteiger partial charge in [0, 0.05) is 30.6 Å². The summed E-state index contributed by atoms with van der Waals surface area (Å²) < 4.78 is 0. The molecule has 5 atom stereocenters. The van der Waals surface area contributed by atoms with Crippen LogP contribution in [0.3, 0.4) is 0 Å². The summed E-state index contributed by atoms with van der Waals surface area (Å²) in [5.41, 5.74) is 2.42. The SMILES string of the molecule is C[C@]12C[C@H](O)[C@@H]3C4=C(CC[C@H]3[C@@H]1CCC2=O)CC(=O)CC4. The van der Waals surface area contributed by atoms with Gasteiger partial charge in [-0.15, -0.1) is 0 Å². The lowest BCUT2D eigenvalue weighted by atomic mass is 9.53. The number of Topliss-reactive ketones (excluding diaryl/α,β-unsaturated/α-hetero) is 2. The molecular weight excluding hydrogens is 264 g/mol. The zero-order chi connectivity index (χ0) is 14.8. The molecular formula is C18H24O3. The molecule has 0 aromatic heterocycles. The number of hydrogen-bond acceptors (Lipinski definition) is 3. The number of carbonyl (C=O) groups is 2. The number of carbonyl (C=O) groups excluding carboxylic acids is 2. The minimum Gasteiger partial charge on any atom is -0.392 e. The maximum Gasteiger partial charge on any atom is 0.139 e. The lowest BCUT2D eigenvalue weighted by molar-refractivity contribution is -0.135. The van der Waals surface area contributed by atoms with E-state index >= 15 is 0 Å². The molecule has 4 aliphatic carbocycles. The summed E-state index contributed by atoms with van der Waals surface area (Å²) in [6, 6.07) is 0. The van der Waals surface area contributed by atoms with Gasteiger partial charge in [0.2, 0.25) is 0 Å². The first-order chi connectivity index (χ1) is 10.0. The number of aliphatic hydroxyl groups is 1. The van der Waals surface area contributed by atoms with Gasteiger partial charge in [-0.3, -0.25) is 9.59 Å². The number of hydrogen-bond donors (Lipinski definition) is 1. The van der Waals surface area contributed by atoms with Gasteiger partial charge in [-0.05, 0) is 43.9 Å². The maximum atomic E-state index is 12.3. The Morgan fingerprint density at radius 2 is 1.90 bits per heavy atom. The fourth-order valence-corrected chi connectivity index (χ4v) is 5.90. The Morgan fingerprint density at radius 1 is 1.10 bits per heavy atom. The Labute approximate surface area is 125 Å². The summed E-state index contributed by atoms with van der Waals surface area (Å²) >= 11 is 0. The monoisotopic (exact) mass is 288 g/mol. The van der Waals surface area contributed by atoms with E-state index in [4.69, 9.17) is 0 Å². The van der Waals surface area contributed by atoms with Gasteiger partial charge in [-0.2, -0.15) is 0 Å². The number of ketones is 2. The van der Waals surface area contributed by atoms with Gasteiger partial charge in [0.1, 0.15) is 11.6 Å². The van der Waals surface area contributed by atoms with Crippen LogP contribution in [-0.2, 0) is 9.59 Å². The van der Waals surface area contributed by atoms with E-state index in [1.807, 2.05) is 0 Å².